The van der Waals surface area contributed by atoms with Gasteiger partial charge < -0.3 is 10.0 Å². The summed E-state index contributed by atoms with van der Waals surface area (Å²) in [6.07, 6.45) is 6.02. The molecule has 6 nitrogen and oxygen atoms in total. The molecule has 0 unspecified atom stereocenters. The van der Waals surface area contributed by atoms with Crippen molar-refractivity contribution in [1.82, 2.24) is 20.3 Å². The van der Waals surface area contributed by atoms with Gasteiger partial charge in [0.2, 0.25) is 0 Å². The summed E-state index contributed by atoms with van der Waals surface area (Å²) in [6, 6.07) is 0.129. The number of H-pyrrole nitrogens is 1. The molecule has 2 fully saturated rings. The maximum Gasteiger partial charge on any atom is 0.276 e. The normalized spacial score (nSPS) is 33.4. The van der Waals surface area contributed by atoms with Crippen LogP contribution in [0, 0.1) is 12.8 Å². The Hall–Kier alpha value is -1.43. The van der Waals surface area contributed by atoms with Crippen LogP contribution < -0.4 is 0 Å². The van der Waals surface area contributed by atoms with Crippen LogP contribution in [0.15, 0.2) is 0 Å². The Morgan fingerprint density at radius 3 is 2.81 bits per heavy atom. The Kier molecular flexibility index (Phi) is 3.73. The SMILES string of the molecule is Cc1n[nH]nc1C(=O)N1CCC[C@@H]1[C@H]1CCCC[C@]1(C)O. The summed E-state index contributed by atoms with van der Waals surface area (Å²) in [5.41, 5.74) is 0.392. The summed E-state index contributed by atoms with van der Waals surface area (Å²) in [4.78, 5) is 14.6. The quantitative estimate of drug-likeness (QED) is 0.868. The van der Waals surface area contributed by atoms with E-state index < -0.39 is 5.60 Å². The molecule has 2 N–H and O–H groups in total. The third-order valence-electron chi connectivity index (χ3n) is 5.20. The molecule has 1 saturated carbocycles. The molecule has 2 aliphatic rings. The number of nitrogens with zero attached hydrogens (tertiary/aromatic N) is 3. The fraction of sp³-hybridized carbons (Fsp3) is 0.800. The van der Waals surface area contributed by atoms with E-state index in [2.05, 4.69) is 15.4 Å². The van der Waals surface area contributed by atoms with Crippen LogP contribution in [0.4, 0.5) is 0 Å². The number of hydrogen-bond acceptors (Lipinski definition) is 4. The molecule has 3 rings (SSSR count). The van der Waals surface area contributed by atoms with Crippen molar-refractivity contribution in [2.75, 3.05) is 6.54 Å². The highest BCUT2D eigenvalue weighted by Crippen LogP contribution is 2.41. The second-order valence-corrected chi connectivity index (χ2v) is 6.68. The highest BCUT2D eigenvalue weighted by Gasteiger charge is 2.45. The van der Waals surface area contributed by atoms with Gasteiger partial charge in [-0.1, -0.05) is 12.8 Å². The van der Waals surface area contributed by atoms with Crippen molar-refractivity contribution in [3.05, 3.63) is 11.4 Å². The minimum atomic E-state index is -0.662. The number of likely N-dealkylation sites (tertiary alicyclic amines) is 1. The summed E-state index contributed by atoms with van der Waals surface area (Å²) in [5.74, 6) is 0.120. The Labute approximate surface area is 124 Å². The van der Waals surface area contributed by atoms with E-state index in [0.29, 0.717) is 11.4 Å². The number of aliphatic hydroxyl groups is 1. The molecule has 21 heavy (non-hydrogen) atoms. The largest absolute Gasteiger partial charge is 0.390 e. The Balaban J connectivity index is 1.82. The molecule has 6 heteroatoms. The van der Waals surface area contributed by atoms with E-state index >= 15 is 0 Å². The highest BCUT2D eigenvalue weighted by atomic mass is 16.3. The average molecular weight is 292 g/mol. The standard InChI is InChI=1S/C15H24N4O2/c1-10-13(17-18-16-10)14(20)19-9-5-7-12(19)11-6-3-4-8-15(11,2)21/h11-12,21H,3-9H2,1-2H3,(H,16,17,18)/t11-,12-,15+/m1/s1. The van der Waals surface area contributed by atoms with Crippen molar-refractivity contribution in [2.24, 2.45) is 5.92 Å². The Morgan fingerprint density at radius 1 is 1.33 bits per heavy atom. The number of aryl methyl sites for hydroxylation is 1. The van der Waals surface area contributed by atoms with E-state index in [-0.39, 0.29) is 17.9 Å². The zero-order valence-corrected chi connectivity index (χ0v) is 12.8. The second kappa shape index (κ2) is 5.40. The van der Waals surface area contributed by atoms with Gasteiger partial charge in [-0.05, 0) is 39.5 Å². The third-order valence-corrected chi connectivity index (χ3v) is 5.20. The van der Waals surface area contributed by atoms with E-state index in [0.717, 1.165) is 45.1 Å². The summed E-state index contributed by atoms with van der Waals surface area (Å²) < 4.78 is 0. The van der Waals surface area contributed by atoms with Gasteiger partial charge in [0, 0.05) is 18.5 Å². The first-order valence-electron chi connectivity index (χ1n) is 7.91. The van der Waals surface area contributed by atoms with Crippen molar-refractivity contribution in [2.45, 2.75) is 64.0 Å². The van der Waals surface area contributed by atoms with Gasteiger partial charge in [-0.2, -0.15) is 15.4 Å². The molecule has 1 aromatic rings. The average Bonchev–Trinajstić information content (AvgIpc) is 3.06. The van der Waals surface area contributed by atoms with E-state index in [1.165, 1.54) is 0 Å². The van der Waals surface area contributed by atoms with Gasteiger partial charge in [-0.25, -0.2) is 0 Å². The lowest BCUT2D eigenvalue weighted by Crippen LogP contribution is -2.50. The minimum absolute atomic E-state index is 0.0508. The van der Waals surface area contributed by atoms with Crippen LogP contribution in [0.5, 0.6) is 0 Å². The molecule has 1 saturated heterocycles. The van der Waals surface area contributed by atoms with Gasteiger partial charge in [-0.15, -0.1) is 0 Å². The first-order valence-corrected chi connectivity index (χ1v) is 7.91. The van der Waals surface area contributed by atoms with Gasteiger partial charge in [0.1, 0.15) is 0 Å². The molecule has 0 radical (unpaired) electrons. The fourth-order valence-corrected chi connectivity index (χ4v) is 4.04. The molecule has 0 aromatic carbocycles. The lowest BCUT2D eigenvalue weighted by Gasteiger charge is -2.43. The summed E-state index contributed by atoms with van der Waals surface area (Å²) in [7, 11) is 0. The zero-order chi connectivity index (χ0) is 15.0. The molecule has 1 aliphatic heterocycles. The number of carbonyl (C=O) groups excluding carboxylic acids is 1. The van der Waals surface area contributed by atoms with Gasteiger partial charge in [0.15, 0.2) is 5.69 Å². The maximum atomic E-state index is 12.7. The molecule has 1 aromatic heterocycles. The van der Waals surface area contributed by atoms with E-state index in [4.69, 9.17) is 0 Å². The molecule has 116 valence electrons. The highest BCUT2D eigenvalue weighted by molar-refractivity contribution is 5.93. The molecule has 3 atom stereocenters. The van der Waals surface area contributed by atoms with E-state index in [1.807, 2.05) is 11.8 Å². The predicted molar refractivity (Wildman–Crippen MR) is 77.8 cm³/mol. The summed E-state index contributed by atoms with van der Waals surface area (Å²) in [5, 5.41) is 21.2. The molecule has 0 spiro atoms. The maximum absolute atomic E-state index is 12.7. The van der Waals surface area contributed by atoms with Crippen molar-refractivity contribution < 1.29 is 9.90 Å². The number of rotatable bonds is 2. The van der Waals surface area contributed by atoms with Crippen molar-refractivity contribution in [3.63, 3.8) is 0 Å². The van der Waals surface area contributed by atoms with Crippen LogP contribution in [0.25, 0.3) is 0 Å². The number of aromatic amines is 1. The number of aromatic nitrogens is 3. The number of carbonyl (C=O) groups is 1. The van der Waals surface area contributed by atoms with Gasteiger partial charge in [0.05, 0.1) is 11.3 Å². The molecular formula is C15H24N4O2. The van der Waals surface area contributed by atoms with Crippen molar-refractivity contribution >= 4 is 5.91 Å². The molecule has 0 bridgehead atoms. The first-order chi connectivity index (χ1) is 10.0. The monoisotopic (exact) mass is 292 g/mol. The van der Waals surface area contributed by atoms with Crippen LogP contribution in [0.1, 0.15) is 61.6 Å². The Morgan fingerprint density at radius 2 is 2.14 bits per heavy atom. The van der Waals surface area contributed by atoms with Crippen molar-refractivity contribution in [1.29, 1.82) is 0 Å². The van der Waals surface area contributed by atoms with Gasteiger partial charge in [0.25, 0.3) is 5.91 Å². The predicted octanol–water partition coefficient (Wildman–Crippen LogP) is 1.66. The van der Waals surface area contributed by atoms with Gasteiger partial charge in [-0.3, -0.25) is 4.79 Å². The zero-order valence-electron chi connectivity index (χ0n) is 12.8. The van der Waals surface area contributed by atoms with Crippen LogP contribution in [0.2, 0.25) is 0 Å². The third kappa shape index (κ3) is 2.57. The van der Waals surface area contributed by atoms with E-state index in [9.17, 15) is 9.90 Å². The summed E-state index contributed by atoms with van der Waals surface area (Å²) >= 11 is 0. The molecule has 1 amide bonds. The van der Waals surface area contributed by atoms with Crippen LogP contribution in [0.3, 0.4) is 0 Å². The molecule has 2 heterocycles. The number of amides is 1. The van der Waals surface area contributed by atoms with Crippen molar-refractivity contribution in [3.8, 4) is 0 Å². The Bertz CT molecular complexity index is 525. The van der Waals surface area contributed by atoms with Crippen LogP contribution >= 0.6 is 0 Å². The number of hydrogen-bond donors (Lipinski definition) is 2. The molecular weight excluding hydrogens is 268 g/mol. The first kappa shape index (κ1) is 14.5. The number of nitrogens with one attached hydrogen (secondary N) is 1. The summed E-state index contributed by atoms with van der Waals surface area (Å²) in [6.45, 7) is 4.47. The van der Waals surface area contributed by atoms with E-state index in [1.54, 1.807) is 6.92 Å². The second-order valence-electron chi connectivity index (χ2n) is 6.68. The fourth-order valence-electron chi connectivity index (χ4n) is 4.04. The van der Waals surface area contributed by atoms with Crippen LogP contribution in [-0.4, -0.2) is 49.5 Å². The molecule has 1 aliphatic carbocycles. The topological polar surface area (TPSA) is 82.1 Å². The lowest BCUT2D eigenvalue weighted by atomic mass is 9.72. The smallest absolute Gasteiger partial charge is 0.276 e. The lowest BCUT2D eigenvalue weighted by molar-refractivity contribution is -0.0578. The van der Waals surface area contributed by atoms with Crippen LogP contribution in [-0.2, 0) is 0 Å². The minimum Gasteiger partial charge on any atom is -0.390 e. The van der Waals surface area contributed by atoms with Gasteiger partial charge >= 0.3 is 0 Å².